The number of benzene rings is 1. The predicted octanol–water partition coefficient (Wildman–Crippen LogP) is 2.37. The number of halogens is 1. The summed E-state index contributed by atoms with van der Waals surface area (Å²) in [6.07, 6.45) is 2.25. The zero-order valence-electron chi connectivity index (χ0n) is 9.36. The maximum atomic E-state index is 11.5. The standard InChI is InChI=1S/C12H15ClO4/c13-10-8-9(4-5-11(10)15)12(16)17-7-3-1-2-6-14/h4-5,8,14-15H,1-3,6-7H2. The van der Waals surface area contributed by atoms with Gasteiger partial charge in [0.1, 0.15) is 5.75 Å². The summed E-state index contributed by atoms with van der Waals surface area (Å²) in [4.78, 5) is 11.5. The van der Waals surface area contributed by atoms with Crippen LogP contribution in [0.5, 0.6) is 5.75 Å². The molecule has 0 aliphatic carbocycles. The first-order valence-electron chi connectivity index (χ1n) is 5.41. The van der Waals surface area contributed by atoms with Crippen LogP contribution in [0.4, 0.5) is 0 Å². The number of hydrogen-bond donors (Lipinski definition) is 2. The third kappa shape index (κ3) is 4.63. The number of rotatable bonds is 6. The summed E-state index contributed by atoms with van der Waals surface area (Å²) < 4.78 is 5.01. The van der Waals surface area contributed by atoms with Gasteiger partial charge in [-0.05, 0) is 37.5 Å². The summed E-state index contributed by atoms with van der Waals surface area (Å²) in [7, 11) is 0. The molecular formula is C12H15ClO4. The van der Waals surface area contributed by atoms with Crippen LogP contribution in [-0.4, -0.2) is 29.4 Å². The van der Waals surface area contributed by atoms with Crippen LogP contribution in [0.2, 0.25) is 5.02 Å². The van der Waals surface area contributed by atoms with Crippen molar-refractivity contribution in [3.05, 3.63) is 28.8 Å². The SMILES string of the molecule is O=C(OCCCCCO)c1ccc(O)c(Cl)c1. The van der Waals surface area contributed by atoms with Gasteiger partial charge in [-0.3, -0.25) is 0 Å². The van der Waals surface area contributed by atoms with Gasteiger partial charge in [-0.25, -0.2) is 4.79 Å². The lowest BCUT2D eigenvalue weighted by molar-refractivity contribution is 0.0497. The Bertz CT molecular complexity index is 379. The van der Waals surface area contributed by atoms with Gasteiger partial charge >= 0.3 is 5.97 Å². The van der Waals surface area contributed by atoms with E-state index in [-0.39, 0.29) is 17.4 Å². The summed E-state index contributed by atoms with van der Waals surface area (Å²) in [5, 5.41) is 17.9. The van der Waals surface area contributed by atoms with E-state index in [1.165, 1.54) is 18.2 Å². The van der Waals surface area contributed by atoms with Gasteiger partial charge in [0, 0.05) is 6.61 Å². The van der Waals surface area contributed by atoms with Crippen molar-refractivity contribution in [2.24, 2.45) is 0 Å². The molecule has 1 aromatic rings. The van der Waals surface area contributed by atoms with Gasteiger partial charge in [-0.1, -0.05) is 11.6 Å². The van der Waals surface area contributed by atoms with Crippen LogP contribution in [-0.2, 0) is 4.74 Å². The highest BCUT2D eigenvalue weighted by Gasteiger charge is 2.09. The van der Waals surface area contributed by atoms with Crippen molar-refractivity contribution in [2.45, 2.75) is 19.3 Å². The number of phenols is 1. The molecule has 0 bridgehead atoms. The van der Waals surface area contributed by atoms with Gasteiger partial charge in [-0.2, -0.15) is 0 Å². The van der Waals surface area contributed by atoms with Gasteiger partial charge in [0.2, 0.25) is 0 Å². The van der Waals surface area contributed by atoms with Crippen molar-refractivity contribution in [3.63, 3.8) is 0 Å². The van der Waals surface area contributed by atoms with Gasteiger partial charge in [-0.15, -0.1) is 0 Å². The number of hydrogen-bond acceptors (Lipinski definition) is 4. The first kappa shape index (κ1) is 13.8. The predicted molar refractivity (Wildman–Crippen MR) is 64.3 cm³/mol. The molecular weight excluding hydrogens is 244 g/mol. The maximum absolute atomic E-state index is 11.5. The number of unbranched alkanes of at least 4 members (excludes halogenated alkanes) is 2. The van der Waals surface area contributed by atoms with Crippen molar-refractivity contribution in [1.29, 1.82) is 0 Å². The average molecular weight is 259 g/mol. The Hall–Kier alpha value is -1.26. The first-order chi connectivity index (χ1) is 8.15. The van der Waals surface area contributed by atoms with Gasteiger partial charge in [0.25, 0.3) is 0 Å². The summed E-state index contributed by atoms with van der Waals surface area (Å²) in [6, 6.07) is 4.18. The lowest BCUT2D eigenvalue weighted by Gasteiger charge is -2.05. The number of aromatic hydroxyl groups is 1. The number of aliphatic hydroxyl groups is 1. The van der Waals surface area contributed by atoms with Crippen LogP contribution in [0.3, 0.4) is 0 Å². The molecule has 17 heavy (non-hydrogen) atoms. The van der Waals surface area contributed by atoms with E-state index >= 15 is 0 Å². The highest BCUT2D eigenvalue weighted by atomic mass is 35.5. The minimum Gasteiger partial charge on any atom is -0.506 e. The van der Waals surface area contributed by atoms with Crippen LogP contribution in [0.15, 0.2) is 18.2 Å². The van der Waals surface area contributed by atoms with Crippen LogP contribution < -0.4 is 0 Å². The van der Waals surface area contributed by atoms with Gasteiger partial charge < -0.3 is 14.9 Å². The zero-order valence-corrected chi connectivity index (χ0v) is 10.1. The highest BCUT2D eigenvalue weighted by molar-refractivity contribution is 6.32. The van der Waals surface area contributed by atoms with Crippen LogP contribution in [0.25, 0.3) is 0 Å². The molecule has 0 spiro atoms. The van der Waals surface area contributed by atoms with Gasteiger partial charge in [0.05, 0.1) is 17.2 Å². The molecule has 0 aliphatic heterocycles. The monoisotopic (exact) mass is 258 g/mol. The quantitative estimate of drug-likeness (QED) is 0.607. The Kier molecular flexibility index (Phi) is 5.80. The fourth-order valence-electron chi connectivity index (χ4n) is 1.27. The fraction of sp³-hybridized carbons (Fsp3) is 0.417. The fourth-order valence-corrected chi connectivity index (χ4v) is 1.45. The Morgan fingerprint density at radius 3 is 2.71 bits per heavy atom. The molecule has 1 aromatic carbocycles. The van der Waals surface area contributed by atoms with Crippen molar-refractivity contribution < 1.29 is 19.7 Å². The Morgan fingerprint density at radius 2 is 2.06 bits per heavy atom. The number of aliphatic hydroxyl groups excluding tert-OH is 1. The minimum absolute atomic E-state index is 0.0637. The number of carbonyl (C=O) groups is 1. The molecule has 0 radical (unpaired) electrons. The molecule has 0 heterocycles. The lowest BCUT2D eigenvalue weighted by atomic mass is 10.2. The van der Waals surface area contributed by atoms with E-state index in [0.29, 0.717) is 18.6 Å². The number of esters is 1. The summed E-state index contributed by atoms with van der Waals surface area (Å²) in [5.74, 6) is -0.526. The van der Waals surface area contributed by atoms with Crippen molar-refractivity contribution in [3.8, 4) is 5.75 Å². The molecule has 2 N–H and O–H groups in total. The molecule has 94 valence electrons. The van der Waals surface area contributed by atoms with E-state index in [9.17, 15) is 9.90 Å². The average Bonchev–Trinajstić information content (AvgIpc) is 2.32. The van der Waals surface area contributed by atoms with Crippen LogP contribution in [0, 0.1) is 0 Å². The van der Waals surface area contributed by atoms with E-state index in [4.69, 9.17) is 21.4 Å². The molecule has 0 saturated heterocycles. The topological polar surface area (TPSA) is 66.8 Å². The summed E-state index contributed by atoms with van der Waals surface area (Å²) >= 11 is 5.67. The molecule has 0 saturated carbocycles. The number of ether oxygens (including phenoxy) is 1. The highest BCUT2D eigenvalue weighted by Crippen LogP contribution is 2.23. The van der Waals surface area contributed by atoms with Crippen molar-refractivity contribution in [1.82, 2.24) is 0 Å². The molecule has 0 amide bonds. The Morgan fingerprint density at radius 1 is 1.29 bits per heavy atom. The number of carbonyl (C=O) groups excluding carboxylic acids is 1. The van der Waals surface area contributed by atoms with E-state index < -0.39 is 5.97 Å². The zero-order chi connectivity index (χ0) is 12.7. The van der Waals surface area contributed by atoms with Crippen LogP contribution >= 0.6 is 11.6 Å². The molecule has 0 aliphatic rings. The summed E-state index contributed by atoms with van der Waals surface area (Å²) in [6.45, 7) is 0.471. The molecule has 5 heteroatoms. The normalized spacial score (nSPS) is 10.2. The molecule has 0 aromatic heterocycles. The van der Waals surface area contributed by atoms with E-state index in [0.717, 1.165) is 12.8 Å². The molecule has 1 rings (SSSR count). The Labute approximate surface area is 105 Å². The molecule has 0 atom stereocenters. The van der Waals surface area contributed by atoms with E-state index in [1.54, 1.807) is 0 Å². The van der Waals surface area contributed by atoms with E-state index in [1.807, 2.05) is 0 Å². The lowest BCUT2D eigenvalue weighted by Crippen LogP contribution is -2.06. The third-order valence-electron chi connectivity index (χ3n) is 2.22. The second-order valence-corrected chi connectivity index (χ2v) is 3.99. The third-order valence-corrected chi connectivity index (χ3v) is 2.52. The van der Waals surface area contributed by atoms with Crippen LogP contribution in [0.1, 0.15) is 29.6 Å². The molecule has 0 fully saturated rings. The molecule has 0 unspecified atom stereocenters. The number of phenolic OH excluding ortho intramolecular Hbond substituents is 1. The second-order valence-electron chi connectivity index (χ2n) is 3.59. The maximum Gasteiger partial charge on any atom is 0.338 e. The minimum atomic E-state index is -0.462. The van der Waals surface area contributed by atoms with Gasteiger partial charge in [0.15, 0.2) is 0 Å². The largest absolute Gasteiger partial charge is 0.506 e. The Balaban J connectivity index is 2.39. The molecule has 4 nitrogen and oxygen atoms in total. The smallest absolute Gasteiger partial charge is 0.338 e. The summed E-state index contributed by atoms with van der Waals surface area (Å²) in [5.41, 5.74) is 0.315. The van der Waals surface area contributed by atoms with Crippen molar-refractivity contribution >= 4 is 17.6 Å². The van der Waals surface area contributed by atoms with E-state index in [2.05, 4.69) is 0 Å². The van der Waals surface area contributed by atoms with Crippen molar-refractivity contribution in [2.75, 3.05) is 13.2 Å². The second kappa shape index (κ2) is 7.14. The first-order valence-corrected chi connectivity index (χ1v) is 5.79.